The molecule has 3 nitrogen and oxygen atoms in total. The summed E-state index contributed by atoms with van der Waals surface area (Å²) in [6.45, 7) is 0. The molecule has 0 radical (unpaired) electrons. The van der Waals surface area contributed by atoms with E-state index >= 15 is 0 Å². The third-order valence-corrected chi connectivity index (χ3v) is 5.92. The minimum absolute atomic E-state index is 0.164. The molecule has 0 aliphatic heterocycles. The number of nitro groups is 1. The summed E-state index contributed by atoms with van der Waals surface area (Å²) >= 11 is 7.18. The highest BCUT2D eigenvalue weighted by Gasteiger charge is 2.24. The van der Waals surface area contributed by atoms with Gasteiger partial charge in [-0.15, -0.1) is 0 Å². The van der Waals surface area contributed by atoms with Crippen molar-refractivity contribution in [2.45, 2.75) is 43.4 Å². The van der Waals surface area contributed by atoms with Crippen molar-refractivity contribution in [3.8, 4) is 0 Å². The molecule has 2 atom stereocenters. The minimum atomic E-state index is -0.327. The van der Waals surface area contributed by atoms with Gasteiger partial charge in [-0.2, -0.15) is 0 Å². The maximum atomic E-state index is 11.0. The van der Waals surface area contributed by atoms with E-state index in [9.17, 15) is 10.1 Å². The average molecular weight is 391 g/mol. The maximum Gasteiger partial charge on any atom is 0.283 e. The van der Waals surface area contributed by atoms with Crippen molar-refractivity contribution in [2.75, 3.05) is 0 Å². The second-order valence-corrected chi connectivity index (χ2v) is 7.09. The van der Waals surface area contributed by atoms with Gasteiger partial charge >= 0.3 is 0 Å². The number of hydrogen-bond donors (Lipinski definition) is 0. The van der Waals surface area contributed by atoms with Gasteiger partial charge in [0, 0.05) is 10.9 Å². The van der Waals surface area contributed by atoms with Gasteiger partial charge in [0.25, 0.3) is 5.69 Å². The zero-order valence-corrected chi connectivity index (χ0v) is 13.8. The van der Waals surface area contributed by atoms with Crippen LogP contribution in [0.15, 0.2) is 22.7 Å². The van der Waals surface area contributed by atoms with E-state index in [1.54, 1.807) is 12.1 Å². The van der Waals surface area contributed by atoms with E-state index in [-0.39, 0.29) is 10.6 Å². The first kappa shape index (κ1) is 15.0. The Hall–Kier alpha value is -0.420. The van der Waals surface area contributed by atoms with E-state index in [0.717, 1.165) is 12.0 Å². The predicted octanol–water partition coefficient (Wildman–Crippen LogP) is 5.24. The highest BCUT2D eigenvalue weighted by molar-refractivity contribution is 9.10. The molecule has 0 spiro atoms. The third kappa shape index (κ3) is 3.78. The molecule has 2 rings (SSSR count). The lowest BCUT2D eigenvalue weighted by molar-refractivity contribution is -0.385. The lowest BCUT2D eigenvalue weighted by Gasteiger charge is -2.20. The molecule has 1 aromatic carbocycles. The zero-order chi connectivity index (χ0) is 13.8. The third-order valence-electron chi connectivity index (χ3n) is 3.80. The molecule has 0 N–H and O–H groups in total. The van der Waals surface area contributed by atoms with E-state index in [0.29, 0.717) is 15.2 Å². The second kappa shape index (κ2) is 6.84. The molecule has 0 bridgehead atoms. The molecule has 1 aromatic rings. The van der Waals surface area contributed by atoms with Crippen LogP contribution in [0, 0.1) is 16.0 Å². The van der Waals surface area contributed by atoms with Crippen LogP contribution >= 0.6 is 31.9 Å². The Morgan fingerprint density at radius 1 is 1.26 bits per heavy atom. The highest BCUT2D eigenvalue weighted by Crippen LogP contribution is 2.35. The molecule has 0 heterocycles. The quantitative estimate of drug-likeness (QED) is 0.306. The number of hydrogen-bond acceptors (Lipinski definition) is 2. The van der Waals surface area contributed by atoms with Gasteiger partial charge in [-0.25, -0.2) is 0 Å². The number of nitrogens with zero attached hydrogens (tertiary/aromatic N) is 1. The highest BCUT2D eigenvalue weighted by atomic mass is 79.9. The first-order valence-corrected chi connectivity index (χ1v) is 8.36. The molecule has 0 saturated heterocycles. The molecule has 104 valence electrons. The summed E-state index contributed by atoms with van der Waals surface area (Å²) in [6, 6.07) is 5.31. The normalized spacial score (nSPS) is 23.9. The fourth-order valence-corrected chi connectivity index (χ4v) is 4.06. The van der Waals surface area contributed by atoms with Crippen molar-refractivity contribution in [3.05, 3.63) is 38.3 Å². The molecule has 1 aliphatic carbocycles. The Labute approximate surface area is 130 Å². The van der Waals surface area contributed by atoms with Crippen LogP contribution in [0.25, 0.3) is 0 Å². The van der Waals surface area contributed by atoms with Gasteiger partial charge in [-0.3, -0.25) is 10.1 Å². The number of nitro benzene ring substituents is 1. The van der Waals surface area contributed by atoms with E-state index in [1.165, 1.54) is 32.1 Å². The fourth-order valence-electron chi connectivity index (χ4n) is 2.72. The minimum Gasteiger partial charge on any atom is -0.258 e. The van der Waals surface area contributed by atoms with Gasteiger partial charge in [-0.1, -0.05) is 47.3 Å². The van der Waals surface area contributed by atoms with Crippen LogP contribution in [0.3, 0.4) is 0 Å². The number of rotatable bonds is 3. The summed E-state index contributed by atoms with van der Waals surface area (Å²) in [4.78, 5) is 11.2. The molecule has 0 amide bonds. The summed E-state index contributed by atoms with van der Waals surface area (Å²) in [6.07, 6.45) is 7.15. The van der Waals surface area contributed by atoms with Gasteiger partial charge in [0.1, 0.15) is 0 Å². The molecular weight excluding hydrogens is 374 g/mol. The molecule has 19 heavy (non-hydrogen) atoms. The lowest BCUT2D eigenvalue weighted by atomic mass is 9.92. The first-order chi connectivity index (χ1) is 9.09. The van der Waals surface area contributed by atoms with Crippen LogP contribution in [0.1, 0.15) is 37.7 Å². The number of benzene rings is 1. The Morgan fingerprint density at radius 3 is 2.74 bits per heavy atom. The molecule has 2 unspecified atom stereocenters. The first-order valence-electron chi connectivity index (χ1n) is 6.65. The molecular formula is C14H17Br2NO2. The summed E-state index contributed by atoms with van der Waals surface area (Å²) in [5.74, 6) is 0.570. The van der Waals surface area contributed by atoms with Crippen molar-refractivity contribution in [2.24, 2.45) is 5.92 Å². The van der Waals surface area contributed by atoms with E-state index in [4.69, 9.17) is 0 Å². The topological polar surface area (TPSA) is 43.1 Å². The van der Waals surface area contributed by atoms with Crippen molar-refractivity contribution in [1.29, 1.82) is 0 Å². The largest absolute Gasteiger partial charge is 0.283 e. The summed E-state index contributed by atoms with van der Waals surface area (Å²) in [5, 5.41) is 11.0. The van der Waals surface area contributed by atoms with Crippen molar-refractivity contribution in [3.63, 3.8) is 0 Å². The van der Waals surface area contributed by atoms with Crippen LogP contribution in [0.4, 0.5) is 5.69 Å². The molecule has 5 heteroatoms. The predicted molar refractivity (Wildman–Crippen MR) is 83.8 cm³/mol. The zero-order valence-electron chi connectivity index (χ0n) is 10.6. The van der Waals surface area contributed by atoms with Crippen LogP contribution in [-0.4, -0.2) is 9.75 Å². The Balaban J connectivity index is 2.18. The number of alkyl halides is 1. The Morgan fingerprint density at radius 2 is 2.00 bits per heavy atom. The van der Waals surface area contributed by atoms with Crippen LogP contribution in [0.2, 0.25) is 0 Å². The van der Waals surface area contributed by atoms with Gasteiger partial charge in [0.05, 0.1) is 9.40 Å². The Bertz CT molecular complexity index is 465. The van der Waals surface area contributed by atoms with Gasteiger partial charge in [0.15, 0.2) is 0 Å². The maximum absolute atomic E-state index is 11.0. The summed E-state index contributed by atoms with van der Waals surface area (Å²) < 4.78 is 0.643. The monoisotopic (exact) mass is 389 g/mol. The molecule has 1 aliphatic rings. The second-order valence-electron chi connectivity index (χ2n) is 5.13. The molecule has 1 saturated carbocycles. The molecule has 1 fully saturated rings. The van der Waals surface area contributed by atoms with Crippen molar-refractivity contribution in [1.82, 2.24) is 0 Å². The van der Waals surface area contributed by atoms with E-state index in [2.05, 4.69) is 31.9 Å². The van der Waals surface area contributed by atoms with E-state index < -0.39 is 0 Å². The van der Waals surface area contributed by atoms with Gasteiger partial charge in [-0.05, 0) is 46.7 Å². The van der Waals surface area contributed by atoms with Crippen LogP contribution in [0.5, 0.6) is 0 Å². The van der Waals surface area contributed by atoms with Gasteiger partial charge in [0.2, 0.25) is 0 Å². The van der Waals surface area contributed by atoms with Crippen LogP contribution < -0.4 is 0 Å². The smallest absolute Gasteiger partial charge is 0.258 e. The van der Waals surface area contributed by atoms with Crippen molar-refractivity contribution >= 4 is 37.5 Å². The fraction of sp³-hybridized carbons (Fsp3) is 0.571. The number of halogens is 2. The summed E-state index contributed by atoms with van der Waals surface area (Å²) in [5.41, 5.74) is 1.21. The van der Waals surface area contributed by atoms with Crippen molar-refractivity contribution < 1.29 is 4.92 Å². The average Bonchev–Trinajstić information content (AvgIpc) is 2.57. The van der Waals surface area contributed by atoms with Crippen LogP contribution in [-0.2, 0) is 6.42 Å². The summed E-state index contributed by atoms with van der Waals surface area (Å²) in [7, 11) is 0. The Kier molecular flexibility index (Phi) is 5.39. The molecule has 0 aromatic heterocycles. The van der Waals surface area contributed by atoms with E-state index in [1.807, 2.05) is 6.07 Å². The lowest BCUT2D eigenvalue weighted by Crippen LogP contribution is -2.16. The SMILES string of the molecule is O=[N+]([O-])c1cccc(CC2CCCCCC2Br)c1Br. The standard InChI is InChI=1S/C14H17Br2NO2/c15-12-7-3-1-2-5-10(12)9-11-6-4-8-13(14(11)16)17(18)19/h4,6,8,10,12H,1-3,5,7,9H2. The van der Waals surface area contributed by atoms with Gasteiger partial charge < -0.3 is 0 Å².